The Hall–Kier alpha value is -1.32. The molecule has 1 aromatic heterocycles. The number of hydrogen-bond acceptors (Lipinski definition) is 3. The number of pyridine rings is 1. The Labute approximate surface area is 106 Å². The Bertz CT molecular complexity index is 471. The Morgan fingerprint density at radius 1 is 1.24 bits per heavy atom. The predicted octanol–water partition coefficient (Wildman–Crippen LogP) is 3.18. The van der Waals surface area contributed by atoms with Crippen LogP contribution in [0.5, 0.6) is 0 Å². The first-order valence-corrected chi connectivity index (χ1v) is 6.51. The third kappa shape index (κ3) is 3.32. The van der Waals surface area contributed by atoms with Crippen molar-refractivity contribution in [2.75, 3.05) is 6.54 Å². The van der Waals surface area contributed by atoms with E-state index in [0.717, 1.165) is 0 Å². The molecule has 0 saturated carbocycles. The molecule has 1 aromatic carbocycles. The number of benzene rings is 1. The monoisotopic (exact) mass is 244 g/mol. The van der Waals surface area contributed by atoms with Crippen LogP contribution in [0.3, 0.4) is 0 Å². The first-order chi connectivity index (χ1) is 8.29. The van der Waals surface area contributed by atoms with Gasteiger partial charge in [0.25, 0.3) is 0 Å². The second kappa shape index (κ2) is 5.84. The van der Waals surface area contributed by atoms with Crippen molar-refractivity contribution in [1.29, 1.82) is 0 Å². The van der Waals surface area contributed by atoms with E-state index in [0.29, 0.717) is 11.8 Å². The van der Waals surface area contributed by atoms with Gasteiger partial charge in [-0.15, -0.1) is 11.8 Å². The van der Waals surface area contributed by atoms with E-state index in [1.807, 2.05) is 24.5 Å². The molecule has 2 aromatic rings. The summed E-state index contributed by atoms with van der Waals surface area (Å²) in [5.74, 6) is 0. The molecule has 0 aliphatic rings. The second-order valence-corrected chi connectivity index (χ2v) is 5.22. The molecule has 1 unspecified atom stereocenters. The molecule has 0 radical (unpaired) electrons. The normalized spacial score (nSPS) is 12.4. The molecule has 0 fully saturated rings. The second-order valence-electron chi connectivity index (χ2n) is 3.94. The van der Waals surface area contributed by atoms with Gasteiger partial charge in [-0.2, -0.15) is 0 Å². The van der Waals surface area contributed by atoms with Crippen molar-refractivity contribution < 1.29 is 0 Å². The molecule has 1 atom stereocenters. The summed E-state index contributed by atoms with van der Waals surface area (Å²) in [6, 6.07) is 12.6. The minimum atomic E-state index is 0.303. The van der Waals surface area contributed by atoms with Crippen LogP contribution in [-0.4, -0.2) is 11.5 Å². The number of hydrogen-bond donors (Lipinski definition) is 1. The lowest BCUT2D eigenvalue weighted by molar-refractivity contribution is 0.938. The molecule has 0 bridgehead atoms. The Kier molecular flexibility index (Phi) is 4.18. The van der Waals surface area contributed by atoms with E-state index in [-0.39, 0.29) is 0 Å². The van der Waals surface area contributed by atoms with Crippen molar-refractivity contribution in [3.05, 3.63) is 59.9 Å². The average molecular weight is 244 g/mol. The van der Waals surface area contributed by atoms with Gasteiger partial charge in [0.05, 0.1) is 0 Å². The number of nitrogens with zero attached hydrogens (tertiary/aromatic N) is 1. The summed E-state index contributed by atoms with van der Waals surface area (Å²) >= 11 is 1.79. The molecular weight excluding hydrogens is 228 g/mol. The van der Waals surface area contributed by atoms with Gasteiger partial charge in [-0.1, -0.05) is 29.8 Å². The zero-order valence-corrected chi connectivity index (χ0v) is 10.7. The van der Waals surface area contributed by atoms with E-state index in [4.69, 9.17) is 5.73 Å². The molecule has 2 rings (SSSR count). The van der Waals surface area contributed by atoms with Gasteiger partial charge >= 0.3 is 0 Å². The van der Waals surface area contributed by atoms with Crippen LogP contribution in [0.15, 0.2) is 53.7 Å². The summed E-state index contributed by atoms with van der Waals surface area (Å²) in [5, 5.41) is 0.303. The van der Waals surface area contributed by atoms with Crippen molar-refractivity contribution in [3.8, 4) is 0 Å². The van der Waals surface area contributed by atoms with Crippen LogP contribution in [-0.2, 0) is 0 Å². The third-order valence-corrected chi connectivity index (χ3v) is 3.85. The van der Waals surface area contributed by atoms with E-state index >= 15 is 0 Å². The summed E-state index contributed by atoms with van der Waals surface area (Å²) in [4.78, 5) is 5.23. The summed E-state index contributed by atoms with van der Waals surface area (Å²) < 4.78 is 0. The molecule has 0 saturated heterocycles. The SMILES string of the molecule is Cc1cccc(C(CN)Sc2ccncc2)c1. The van der Waals surface area contributed by atoms with Gasteiger partial charge in [0.15, 0.2) is 0 Å². The predicted molar refractivity (Wildman–Crippen MR) is 73.1 cm³/mol. The summed E-state index contributed by atoms with van der Waals surface area (Å²) in [6.45, 7) is 2.74. The first kappa shape index (κ1) is 12.1. The molecular formula is C14H16N2S. The van der Waals surface area contributed by atoms with E-state index in [2.05, 4.69) is 36.2 Å². The highest BCUT2D eigenvalue weighted by Gasteiger charge is 2.11. The van der Waals surface area contributed by atoms with Crippen LogP contribution in [0.25, 0.3) is 0 Å². The maximum atomic E-state index is 5.87. The topological polar surface area (TPSA) is 38.9 Å². The zero-order valence-electron chi connectivity index (χ0n) is 9.84. The quantitative estimate of drug-likeness (QED) is 0.840. The smallest absolute Gasteiger partial charge is 0.0466 e. The van der Waals surface area contributed by atoms with Crippen LogP contribution in [0.1, 0.15) is 16.4 Å². The molecule has 0 aliphatic carbocycles. The number of thioether (sulfide) groups is 1. The molecule has 1 heterocycles. The minimum Gasteiger partial charge on any atom is -0.329 e. The molecule has 17 heavy (non-hydrogen) atoms. The number of nitrogens with two attached hydrogens (primary N) is 1. The van der Waals surface area contributed by atoms with Gasteiger partial charge in [0.1, 0.15) is 0 Å². The van der Waals surface area contributed by atoms with Crippen LogP contribution in [0.4, 0.5) is 0 Å². The lowest BCUT2D eigenvalue weighted by atomic mass is 10.1. The molecule has 2 N–H and O–H groups in total. The van der Waals surface area contributed by atoms with Gasteiger partial charge < -0.3 is 5.73 Å². The molecule has 0 amide bonds. The van der Waals surface area contributed by atoms with Crippen molar-refractivity contribution in [2.24, 2.45) is 5.73 Å². The highest BCUT2D eigenvalue weighted by molar-refractivity contribution is 7.99. The maximum absolute atomic E-state index is 5.87. The van der Waals surface area contributed by atoms with E-state index in [1.165, 1.54) is 16.0 Å². The number of rotatable bonds is 4. The molecule has 3 heteroatoms. The third-order valence-electron chi connectivity index (χ3n) is 2.56. The fraction of sp³-hybridized carbons (Fsp3) is 0.214. The summed E-state index contributed by atoms with van der Waals surface area (Å²) in [5.41, 5.74) is 8.43. The van der Waals surface area contributed by atoms with Crippen LogP contribution >= 0.6 is 11.8 Å². The Balaban J connectivity index is 2.17. The standard InChI is InChI=1S/C14H16N2S/c1-11-3-2-4-12(9-11)14(10-15)17-13-5-7-16-8-6-13/h2-9,14H,10,15H2,1H3. The van der Waals surface area contributed by atoms with E-state index < -0.39 is 0 Å². The van der Waals surface area contributed by atoms with Gasteiger partial charge in [0, 0.05) is 29.1 Å². The van der Waals surface area contributed by atoms with Crippen molar-refractivity contribution >= 4 is 11.8 Å². The maximum Gasteiger partial charge on any atom is 0.0466 e. The van der Waals surface area contributed by atoms with Crippen molar-refractivity contribution in [1.82, 2.24) is 4.98 Å². The van der Waals surface area contributed by atoms with Crippen LogP contribution < -0.4 is 5.73 Å². The average Bonchev–Trinajstić information content (AvgIpc) is 2.37. The lowest BCUT2D eigenvalue weighted by Crippen LogP contribution is -2.09. The summed E-state index contributed by atoms with van der Waals surface area (Å²) in [7, 11) is 0. The van der Waals surface area contributed by atoms with Gasteiger partial charge in [-0.3, -0.25) is 4.98 Å². The zero-order chi connectivity index (χ0) is 12.1. The Morgan fingerprint density at radius 3 is 2.65 bits per heavy atom. The molecule has 88 valence electrons. The first-order valence-electron chi connectivity index (χ1n) is 5.63. The van der Waals surface area contributed by atoms with Gasteiger partial charge in [-0.25, -0.2) is 0 Å². The van der Waals surface area contributed by atoms with Gasteiger partial charge in [-0.05, 0) is 24.6 Å². The number of aryl methyl sites for hydroxylation is 1. The van der Waals surface area contributed by atoms with Crippen molar-refractivity contribution in [2.45, 2.75) is 17.1 Å². The van der Waals surface area contributed by atoms with E-state index in [9.17, 15) is 0 Å². The number of aromatic nitrogens is 1. The highest BCUT2D eigenvalue weighted by Crippen LogP contribution is 2.34. The lowest BCUT2D eigenvalue weighted by Gasteiger charge is -2.15. The van der Waals surface area contributed by atoms with Crippen LogP contribution in [0.2, 0.25) is 0 Å². The largest absolute Gasteiger partial charge is 0.329 e. The summed E-state index contributed by atoms with van der Waals surface area (Å²) in [6.07, 6.45) is 3.62. The fourth-order valence-corrected chi connectivity index (χ4v) is 2.69. The molecule has 0 aliphatic heterocycles. The van der Waals surface area contributed by atoms with Gasteiger partial charge in [0.2, 0.25) is 0 Å². The van der Waals surface area contributed by atoms with Crippen molar-refractivity contribution in [3.63, 3.8) is 0 Å². The van der Waals surface area contributed by atoms with Crippen LogP contribution in [0, 0.1) is 6.92 Å². The Morgan fingerprint density at radius 2 is 2.00 bits per heavy atom. The molecule has 0 spiro atoms. The fourth-order valence-electron chi connectivity index (χ4n) is 1.70. The highest BCUT2D eigenvalue weighted by atomic mass is 32.2. The minimum absolute atomic E-state index is 0.303. The van der Waals surface area contributed by atoms with E-state index in [1.54, 1.807) is 11.8 Å². The molecule has 2 nitrogen and oxygen atoms in total.